The Morgan fingerprint density at radius 3 is 3.21 bits per heavy atom. The maximum absolute atomic E-state index is 11.3. The van der Waals surface area contributed by atoms with Crippen molar-refractivity contribution in [3.8, 4) is 0 Å². The van der Waals surface area contributed by atoms with Gasteiger partial charge in [0.1, 0.15) is 5.52 Å². The first kappa shape index (κ1) is 8.89. The number of fused-ring (bicyclic) bond motifs is 1. The van der Waals surface area contributed by atoms with E-state index in [1.165, 1.54) is 6.33 Å². The molecule has 0 amide bonds. The molecular formula is C8H10N4O2. The topological polar surface area (TPSA) is 72.8 Å². The summed E-state index contributed by atoms with van der Waals surface area (Å²) < 4.78 is 6.55. The molecule has 6 nitrogen and oxygen atoms in total. The molecule has 0 saturated heterocycles. The molecule has 0 unspecified atom stereocenters. The smallest absolute Gasteiger partial charge is 0.279 e. The number of H-pyrrole nitrogens is 1. The average Bonchev–Trinajstić information content (AvgIpc) is 2.59. The van der Waals surface area contributed by atoms with Crippen molar-refractivity contribution in [3.63, 3.8) is 0 Å². The Kier molecular flexibility index (Phi) is 2.28. The quantitative estimate of drug-likeness (QED) is 0.732. The van der Waals surface area contributed by atoms with E-state index in [-0.39, 0.29) is 5.56 Å². The van der Waals surface area contributed by atoms with Crippen LogP contribution in [-0.4, -0.2) is 33.5 Å². The van der Waals surface area contributed by atoms with Crippen LogP contribution in [0.4, 0.5) is 0 Å². The molecule has 14 heavy (non-hydrogen) atoms. The Hall–Kier alpha value is -1.69. The van der Waals surface area contributed by atoms with Crippen LogP contribution >= 0.6 is 0 Å². The number of ether oxygens (including phenoxy) is 1. The second-order valence-corrected chi connectivity index (χ2v) is 2.85. The predicted molar refractivity (Wildman–Crippen MR) is 50.0 cm³/mol. The van der Waals surface area contributed by atoms with Gasteiger partial charge in [0.15, 0.2) is 5.52 Å². The number of nitrogens with one attached hydrogen (secondary N) is 1. The molecule has 0 atom stereocenters. The van der Waals surface area contributed by atoms with E-state index in [0.29, 0.717) is 24.2 Å². The summed E-state index contributed by atoms with van der Waals surface area (Å²) in [6, 6.07) is 0. The van der Waals surface area contributed by atoms with Crippen LogP contribution in [-0.2, 0) is 11.3 Å². The lowest BCUT2D eigenvalue weighted by atomic mass is 10.5. The second-order valence-electron chi connectivity index (χ2n) is 2.85. The van der Waals surface area contributed by atoms with Crippen molar-refractivity contribution in [1.82, 2.24) is 19.7 Å². The van der Waals surface area contributed by atoms with Gasteiger partial charge < -0.3 is 9.72 Å². The highest BCUT2D eigenvalue weighted by molar-refractivity contribution is 5.71. The van der Waals surface area contributed by atoms with E-state index in [9.17, 15) is 4.79 Å². The molecule has 0 bridgehead atoms. The van der Waals surface area contributed by atoms with Crippen LogP contribution in [0.5, 0.6) is 0 Å². The molecule has 0 saturated carbocycles. The van der Waals surface area contributed by atoms with Gasteiger partial charge in [-0.15, -0.1) is 0 Å². The third kappa shape index (κ3) is 1.51. The Morgan fingerprint density at radius 1 is 1.64 bits per heavy atom. The number of hydrogen-bond acceptors (Lipinski definition) is 4. The van der Waals surface area contributed by atoms with Crippen LogP contribution in [0.1, 0.15) is 0 Å². The SMILES string of the molecule is COCCn1cc2nc[nH]c(=O)c2n1. The maximum Gasteiger partial charge on any atom is 0.279 e. The summed E-state index contributed by atoms with van der Waals surface area (Å²) >= 11 is 0. The van der Waals surface area contributed by atoms with Crippen molar-refractivity contribution in [3.05, 3.63) is 22.9 Å². The molecule has 2 aromatic heterocycles. The summed E-state index contributed by atoms with van der Waals surface area (Å²) in [6.07, 6.45) is 3.09. The average molecular weight is 194 g/mol. The van der Waals surface area contributed by atoms with Crippen LogP contribution in [0.15, 0.2) is 17.3 Å². The van der Waals surface area contributed by atoms with Crippen molar-refractivity contribution >= 4 is 11.0 Å². The van der Waals surface area contributed by atoms with E-state index in [2.05, 4.69) is 15.1 Å². The number of rotatable bonds is 3. The van der Waals surface area contributed by atoms with Crippen LogP contribution in [0.25, 0.3) is 11.0 Å². The highest BCUT2D eigenvalue weighted by atomic mass is 16.5. The lowest BCUT2D eigenvalue weighted by Gasteiger charge is -1.97. The molecule has 2 aromatic rings. The molecule has 2 rings (SSSR count). The van der Waals surface area contributed by atoms with Gasteiger partial charge in [0.2, 0.25) is 0 Å². The monoisotopic (exact) mass is 194 g/mol. The van der Waals surface area contributed by atoms with Gasteiger partial charge in [-0.25, -0.2) is 4.98 Å². The fourth-order valence-electron chi connectivity index (χ4n) is 1.20. The molecular weight excluding hydrogens is 184 g/mol. The highest BCUT2D eigenvalue weighted by Crippen LogP contribution is 2.01. The van der Waals surface area contributed by atoms with E-state index in [1.807, 2.05) is 0 Å². The third-order valence-corrected chi connectivity index (χ3v) is 1.88. The maximum atomic E-state index is 11.3. The van der Waals surface area contributed by atoms with Gasteiger partial charge in [0.05, 0.1) is 25.7 Å². The van der Waals surface area contributed by atoms with Crippen molar-refractivity contribution in [1.29, 1.82) is 0 Å². The lowest BCUT2D eigenvalue weighted by molar-refractivity contribution is 0.184. The number of hydrogen-bond donors (Lipinski definition) is 1. The molecule has 0 fully saturated rings. The van der Waals surface area contributed by atoms with E-state index < -0.39 is 0 Å². The Labute approximate surface area is 79.5 Å². The molecule has 6 heteroatoms. The first-order valence-electron chi connectivity index (χ1n) is 4.21. The largest absolute Gasteiger partial charge is 0.383 e. The number of nitrogens with zero attached hydrogens (tertiary/aromatic N) is 3. The normalized spacial score (nSPS) is 10.9. The summed E-state index contributed by atoms with van der Waals surface area (Å²) in [4.78, 5) is 17.7. The minimum atomic E-state index is -0.217. The standard InChI is InChI=1S/C8H10N4O2/c1-14-3-2-12-4-6-7(11-12)8(13)10-5-9-6/h4-5H,2-3H2,1H3,(H,9,10,13). The molecule has 0 spiro atoms. The summed E-state index contributed by atoms with van der Waals surface area (Å²) in [5.74, 6) is 0. The zero-order valence-electron chi connectivity index (χ0n) is 7.73. The van der Waals surface area contributed by atoms with E-state index in [4.69, 9.17) is 4.74 Å². The minimum absolute atomic E-state index is 0.217. The number of methoxy groups -OCH3 is 1. The van der Waals surface area contributed by atoms with Gasteiger partial charge in [-0.05, 0) is 0 Å². The summed E-state index contributed by atoms with van der Waals surface area (Å²) in [7, 11) is 1.62. The van der Waals surface area contributed by atoms with Crippen molar-refractivity contribution in [2.75, 3.05) is 13.7 Å². The lowest BCUT2D eigenvalue weighted by Crippen LogP contribution is -2.08. The Bertz CT molecular complexity index is 487. The van der Waals surface area contributed by atoms with E-state index in [1.54, 1.807) is 18.0 Å². The zero-order valence-corrected chi connectivity index (χ0v) is 7.73. The van der Waals surface area contributed by atoms with Crippen LogP contribution in [0.3, 0.4) is 0 Å². The molecule has 2 heterocycles. The summed E-state index contributed by atoms with van der Waals surface area (Å²) in [6.45, 7) is 1.18. The van der Waals surface area contributed by atoms with Crippen LogP contribution in [0.2, 0.25) is 0 Å². The Morgan fingerprint density at radius 2 is 2.50 bits per heavy atom. The van der Waals surface area contributed by atoms with Crippen molar-refractivity contribution in [2.45, 2.75) is 6.54 Å². The van der Waals surface area contributed by atoms with Gasteiger partial charge in [0.25, 0.3) is 5.56 Å². The summed E-state index contributed by atoms with van der Waals surface area (Å²) in [5, 5.41) is 4.08. The van der Waals surface area contributed by atoms with Crippen LogP contribution in [0, 0.1) is 0 Å². The van der Waals surface area contributed by atoms with Crippen LogP contribution < -0.4 is 5.56 Å². The molecule has 0 aliphatic heterocycles. The third-order valence-electron chi connectivity index (χ3n) is 1.88. The first-order chi connectivity index (χ1) is 6.81. The van der Waals surface area contributed by atoms with Crippen molar-refractivity contribution < 1.29 is 4.74 Å². The number of aromatic amines is 1. The van der Waals surface area contributed by atoms with Gasteiger partial charge in [0, 0.05) is 7.11 Å². The fraction of sp³-hybridized carbons (Fsp3) is 0.375. The Balaban J connectivity index is 2.41. The molecule has 0 aliphatic carbocycles. The van der Waals surface area contributed by atoms with Gasteiger partial charge in [-0.2, -0.15) is 5.10 Å². The van der Waals surface area contributed by atoms with Gasteiger partial charge >= 0.3 is 0 Å². The van der Waals surface area contributed by atoms with E-state index >= 15 is 0 Å². The number of aromatic nitrogens is 4. The van der Waals surface area contributed by atoms with Gasteiger partial charge in [-0.1, -0.05) is 0 Å². The molecule has 0 aliphatic rings. The van der Waals surface area contributed by atoms with Gasteiger partial charge in [-0.3, -0.25) is 9.48 Å². The van der Waals surface area contributed by atoms with Crippen molar-refractivity contribution in [2.24, 2.45) is 0 Å². The molecule has 0 aromatic carbocycles. The minimum Gasteiger partial charge on any atom is -0.383 e. The molecule has 0 radical (unpaired) electrons. The highest BCUT2D eigenvalue weighted by Gasteiger charge is 2.04. The summed E-state index contributed by atoms with van der Waals surface area (Å²) in [5.41, 5.74) is 0.750. The second kappa shape index (κ2) is 3.59. The fourth-order valence-corrected chi connectivity index (χ4v) is 1.20. The van der Waals surface area contributed by atoms with E-state index in [0.717, 1.165) is 0 Å². The zero-order chi connectivity index (χ0) is 9.97. The molecule has 1 N–H and O–H groups in total. The molecule has 74 valence electrons. The predicted octanol–water partition coefficient (Wildman–Crippen LogP) is -0.234. The first-order valence-corrected chi connectivity index (χ1v) is 4.21.